The van der Waals surface area contributed by atoms with E-state index in [4.69, 9.17) is 27.5 Å². The number of nitrogens with one attached hydrogen (secondary N) is 4. The molecule has 0 spiro atoms. The molecule has 5 rings (SSSR count). The van der Waals surface area contributed by atoms with Gasteiger partial charge >= 0.3 is 5.69 Å². The molecular weight excluding hydrogens is 593 g/mol. The fourth-order valence-electron chi connectivity index (χ4n) is 6.01. The molecule has 0 unspecified atom stereocenters. The second-order valence-electron chi connectivity index (χ2n) is 12.1. The molecule has 240 valence electrons. The molecule has 0 amide bonds. The third-order valence-electron chi connectivity index (χ3n) is 8.45. The fraction of sp³-hybridized carbons (Fsp3) is 0.441. The van der Waals surface area contributed by atoms with Crippen LogP contribution in [0, 0.1) is 11.2 Å². The lowest BCUT2D eigenvalue weighted by atomic mass is 9.92. The van der Waals surface area contributed by atoms with Crippen molar-refractivity contribution in [1.29, 1.82) is 5.41 Å². The van der Waals surface area contributed by atoms with Gasteiger partial charge in [-0.2, -0.15) is 4.98 Å². The van der Waals surface area contributed by atoms with Crippen LogP contribution < -0.4 is 22.1 Å². The average Bonchev–Trinajstić information content (AvgIpc) is 3.44. The molecular formula is C34H43ClFN7O2. The maximum atomic E-state index is 15.1. The second kappa shape index (κ2) is 15.1. The minimum atomic E-state index is -0.513. The van der Waals surface area contributed by atoms with Crippen molar-refractivity contribution in [2.24, 2.45) is 5.73 Å². The molecule has 3 atom stereocenters. The monoisotopic (exact) mass is 635 g/mol. The van der Waals surface area contributed by atoms with E-state index in [0.717, 1.165) is 57.1 Å². The SMILES string of the molecule is COCCC(=N)NCC[C@@H]1CCC[C@@H](c2ccc(-n3cc4cc(-c5cc(CCC[C@H](C)N)cc(Cl)c5F)[nH]c4nc3=O)cc2)N1. The van der Waals surface area contributed by atoms with Crippen LogP contribution in [0.3, 0.4) is 0 Å². The number of amidine groups is 1. The van der Waals surface area contributed by atoms with Gasteiger partial charge in [0, 0.05) is 55.3 Å². The summed E-state index contributed by atoms with van der Waals surface area (Å²) in [6.45, 7) is 3.27. The van der Waals surface area contributed by atoms with Gasteiger partial charge in [-0.1, -0.05) is 30.2 Å². The number of fused-ring (bicyclic) bond motifs is 1. The lowest BCUT2D eigenvalue weighted by molar-refractivity contribution is 0.206. The van der Waals surface area contributed by atoms with Crippen molar-refractivity contribution in [3.8, 4) is 16.9 Å². The van der Waals surface area contributed by atoms with Crippen LogP contribution in [-0.2, 0) is 11.2 Å². The van der Waals surface area contributed by atoms with Crippen molar-refractivity contribution < 1.29 is 9.13 Å². The first-order valence-corrected chi connectivity index (χ1v) is 16.1. The molecule has 45 heavy (non-hydrogen) atoms. The maximum Gasteiger partial charge on any atom is 0.354 e. The summed E-state index contributed by atoms with van der Waals surface area (Å²) in [5.74, 6) is -0.00512. The molecule has 1 saturated heterocycles. The molecule has 6 N–H and O–H groups in total. The van der Waals surface area contributed by atoms with E-state index >= 15 is 4.39 Å². The highest BCUT2D eigenvalue weighted by Gasteiger charge is 2.22. The molecule has 0 radical (unpaired) electrons. The van der Waals surface area contributed by atoms with Gasteiger partial charge in [-0.3, -0.25) is 9.98 Å². The quantitative estimate of drug-likeness (QED) is 0.0901. The van der Waals surface area contributed by atoms with E-state index in [1.54, 1.807) is 31.5 Å². The van der Waals surface area contributed by atoms with E-state index in [9.17, 15) is 4.79 Å². The molecule has 11 heteroatoms. The van der Waals surface area contributed by atoms with E-state index in [0.29, 0.717) is 52.9 Å². The third kappa shape index (κ3) is 8.38. The summed E-state index contributed by atoms with van der Waals surface area (Å²) >= 11 is 6.26. The number of ether oxygens (including phenoxy) is 1. The lowest BCUT2D eigenvalue weighted by Gasteiger charge is -2.31. The van der Waals surface area contributed by atoms with Crippen LogP contribution in [0.2, 0.25) is 5.02 Å². The predicted molar refractivity (Wildman–Crippen MR) is 179 cm³/mol. The van der Waals surface area contributed by atoms with Gasteiger partial charge in [0.15, 0.2) is 5.82 Å². The maximum absolute atomic E-state index is 15.1. The Morgan fingerprint density at radius 1 is 1.27 bits per heavy atom. The molecule has 4 aromatic rings. The summed E-state index contributed by atoms with van der Waals surface area (Å²) in [5.41, 5.74) is 9.51. The fourth-order valence-corrected chi connectivity index (χ4v) is 6.25. The Kier molecular flexibility index (Phi) is 11.0. The van der Waals surface area contributed by atoms with Crippen LogP contribution >= 0.6 is 11.6 Å². The number of piperidine rings is 1. The Bertz CT molecular complexity index is 1670. The van der Waals surface area contributed by atoms with E-state index in [-0.39, 0.29) is 17.1 Å². The molecule has 3 heterocycles. The zero-order valence-corrected chi connectivity index (χ0v) is 26.7. The van der Waals surface area contributed by atoms with E-state index < -0.39 is 11.5 Å². The number of aryl methyl sites for hydroxylation is 1. The largest absolute Gasteiger partial charge is 0.384 e. The Morgan fingerprint density at radius 3 is 2.82 bits per heavy atom. The number of rotatable bonds is 13. The normalized spacial score (nSPS) is 17.4. The molecule has 2 aromatic heterocycles. The van der Waals surface area contributed by atoms with E-state index in [1.165, 1.54) is 10.1 Å². The van der Waals surface area contributed by atoms with Crippen molar-refractivity contribution in [3.05, 3.63) is 81.1 Å². The number of nitrogens with zero attached hydrogens (tertiary/aromatic N) is 2. The zero-order valence-electron chi connectivity index (χ0n) is 26.0. The molecule has 1 aliphatic heterocycles. The number of hydrogen-bond donors (Lipinski definition) is 5. The minimum absolute atomic E-state index is 0.0588. The summed E-state index contributed by atoms with van der Waals surface area (Å²) in [6.07, 6.45) is 9.03. The number of benzene rings is 2. The van der Waals surface area contributed by atoms with E-state index in [1.807, 2.05) is 19.1 Å². The molecule has 2 aromatic carbocycles. The number of hydrogen-bond acceptors (Lipinski definition) is 6. The Balaban J connectivity index is 1.28. The number of nitrogens with two attached hydrogens (primary N) is 1. The summed E-state index contributed by atoms with van der Waals surface area (Å²) in [5, 5.41) is 15.7. The molecule has 1 aliphatic rings. The Labute approximate surface area is 268 Å². The molecule has 9 nitrogen and oxygen atoms in total. The molecule has 0 saturated carbocycles. The Hall–Kier alpha value is -3.57. The smallest absolute Gasteiger partial charge is 0.354 e. The lowest BCUT2D eigenvalue weighted by Crippen LogP contribution is -2.39. The van der Waals surface area contributed by atoms with Gasteiger partial charge < -0.3 is 26.1 Å². The standard InChI is InChI=1S/C34H43ClFN7O2/c1-21(37)5-3-6-22-17-27(32(36)28(35)18-22)30-19-24-20-43(34(44)42-33(24)41-30)26-11-9-23(10-12-26)29-8-4-7-25(40-29)13-15-39-31(38)14-16-45-2/h9-12,17-21,25,29,40H,3-8,13-16,37H2,1-2H3,(H2,38,39)(H,41,42,44)/t21-,25-,29-/m0/s1. The van der Waals surface area contributed by atoms with Crippen molar-refractivity contribution >= 4 is 28.5 Å². The van der Waals surface area contributed by atoms with Gasteiger partial charge in [-0.25, -0.2) is 9.18 Å². The number of aromatic nitrogens is 3. The number of halogens is 2. The van der Waals surface area contributed by atoms with Crippen LogP contribution in [0.5, 0.6) is 0 Å². The van der Waals surface area contributed by atoms with Gasteiger partial charge in [0.25, 0.3) is 0 Å². The first kappa shape index (κ1) is 32.8. The number of aromatic amines is 1. The predicted octanol–water partition coefficient (Wildman–Crippen LogP) is 6.02. The van der Waals surface area contributed by atoms with Gasteiger partial charge in [0.2, 0.25) is 0 Å². The van der Waals surface area contributed by atoms with E-state index in [2.05, 4.69) is 32.7 Å². The molecule has 0 aliphatic carbocycles. The van der Waals surface area contributed by atoms with Crippen LogP contribution in [0.4, 0.5) is 4.39 Å². The zero-order chi connectivity index (χ0) is 31.9. The summed E-state index contributed by atoms with van der Waals surface area (Å²) in [7, 11) is 1.64. The average molecular weight is 636 g/mol. The van der Waals surface area contributed by atoms with Crippen LogP contribution in [-0.4, -0.2) is 52.7 Å². The van der Waals surface area contributed by atoms with Crippen LogP contribution in [0.1, 0.15) is 69.0 Å². The van der Waals surface area contributed by atoms with Crippen LogP contribution in [0.25, 0.3) is 28.0 Å². The van der Waals surface area contributed by atoms with Crippen molar-refractivity contribution in [2.75, 3.05) is 20.3 Å². The van der Waals surface area contributed by atoms with Gasteiger partial charge in [-0.05, 0) is 86.9 Å². The highest BCUT2D eigenvalue weighted by atomic mass is 35.5. The van der Waals surface area contributed by atoms with Gasteiger partial charge in [0.05, 0.1) is 28.8 Å². The number of H-pyrrole nitrogens is 1. The molecule has 0 bridgehead atoms. The molecule has 1 fully saturated rings. The number of methoxy groups -OCH3 is 1. The summed E-state index contributed by atoms with van der Waals surface area (Å²) in [4.78, 5) is 20.4. The third-order valence-corrected chi connectivity index (χ3v) is 8.73. The second-order valence-corrected chi connectivity index (χ2v) is 12.5. The van der Waals surface area contributed by atoms with Gasteiger partial charge in [0.1, 0.15) is 5.65 Å². The summed E-state index contributed by atoms with van der Waals surface area (Å²) in [6, 6.07) is 14.0. The van der Waals surface area contributed by atoms with Crippen molar-refractivity contribution in [1.82, 2.24) is 25.2 Å². The highest BCUT2D eigenvalue weighted by molar-refractivity contribution is 6.31. The first-order chi connectivity index (χ1) is 21.7. The van der Waals surface area contributed by atoms with Crippen LogP contribution in [0.15, 0.2) is 53.5 Å². The highest BCUT2D eigenvalue weighted by Crippen LogP contribution is 2.32. The summed E-state index contributed by atoms with van der Waals surface area (Å²) < 4.78 is 21.7. The van der Waals surface area contributed by atoms with Gasteiger partial charge in [-0.15, -0.1) is 0 Å². The van der Waals surface area contributed by atoms with Crippen molar-refractivity contribution in [3.63, 3.8) is 0 Å². The topological polar surface area (TPSA) is 134 Å². The van der Waals surface area contributed by atoms with Crippen molar-refractivity contribution in [2.45, 2.75) is 76.4 Å². The minimum Gasteiger partial charge on any atom is -0.384 e. The Morgan fingerprint density at radius 2 is 2.07 bits per heavy atom. The first-order valence-electron chi connectivity index (χ1n) is 15.7.